The lowest BCUT2D eigenvalue weighted by Gasteiger charge is -2.43. The normalized spacial score (nSPS) is 22.7. The molecule has 1 unspecified atom stereocenters. The highest BCUT2D eigenvalue weighted by atomic mass is 19.1. The lowest BCUT2D eigenvalue weighted by atomic mass is 9.91. The van der Waals surface area contributed by atoms with Crippen LogP contribution in [0.4, 0.5) is 8.78 Å². The van der Waals surface area contributed by atoms with Crippen LogP contribution >= 0.6 is 0 Å². The Hall–Kier alpha value is -3.34. The molecule has 35 heavy (non-hydrogen) atoms. The number of nitrogens with one attached hydrogen (secondary N) is 1. The Kier molecular flexibility index (Phi) is 7.15. The maximum atomic E-state index is 13.8. The van der Waals surface area contributed by atoms with Crippen molar-refractivity contribution in [1.82, 2.24) is 20.3 Å². The molecular weight excluding hydrogens is 460 g/mol. The average molecular weight is 490 g/mol. The van der Waals surface area contributed by atoms with Gasteiger partial charge in [-0.25, -0.2) is 8.78 Å². The third kappa shape index (κ3) is 5.19. The van der Waals surface area contributed by atoms with Crippen LogP contribution in [0.3, 0.4) is 0 Å². The lowest BCUT2D eigenvalue weighted by molar-refractivity contribution is -0.133. The number of nitrogens with zero attached hydrogens (tertiary/aromatic N) is 3. The van der Waals surface area contributed by atoms with Crippen LogP contribution in [0.5, 0.6) is 0 Å². The molecule has 3 amide bonds. The zero-order chi connectivity index (χ0) is 25.3. The number of rotatable bonds is 4. The average Bonchev–Trinajstić information content (AvgIpc) is 3.16. The van der Waals surface area contributed by atoms with E-state index >= 15 is 0 Å². The molecule has 9 nitrogen and oxygen atoms in total. The maximum Gasteiger partial charge on any atom is 0.264 e. The van der Waals surface area contributed by atoms with Crippen LogP contribution < -0.4 is 11.1 Å². The number of aromatic nitrogens is 1. The highest BCUT2D eigenvalue weighted by Gasteiger charge is 2.42. The molecule has 1 aliphatic heterocycles. The molecule has 1 aliphatic carbocycles. The first-order valence-electron chi connectivity index (χ1n) is 11.7. The molecule has 1 aromatic carbocycles. The van der Waals surface area contributed by atoms with E-state index in [1.807, 2.05) is 0 Å². The molecule has 1 aromatic heterocycles. The first-order chi connectivity index (χ1) is 16.7. The Balaban J connectivity index is 1.67. The molecule has 2 fully saturated rings. The van der Waals surface area contributed by atoms with Gasteiger partial charge in [0.1, 0.15) is 23.0 Å². The fraction of sp³-hybridized carbons (Fsp3) is 0.500. The van der Waals surface area contributed by atoms with E-state index in [4.69, 9.17) is 10.3 Å². The molecule has 2 aromatic rings. The second-order valence-electron chi connectivity index (χ2n) is 9.20. The van der Waals surface area contributed by atoms with Crippen LogP contribution in [0.25, 0.3) is 0 Å². The van der Waals surface area contributed by atoms with E-state index in [0.717, 1.165) is 25.0 Å². The number of hydrogen-bond donors (Lipinski definition) is 2. The summed E-state index contributed by atoms with van der Waals surface area (Å²) < 4.78 is 32.8. The predicted octanol–water partition coefficient (Wildman–Crippen LogP) is 2.27. The van der Waals surface area contributed by atoms with E-state index in [1.165, 1.54) is 9.80 Å². The lowest BCUT2D eigenvalue weighted by Crippen LogP contribution is -2.64. The van der Waals surface area contributed by atoms with Gasteiger partial charge < -0.3 is 25.4 Å². The van der Waals surface area contributed by atoms with Crippen LogP contribution in [-0.4, -0.2) is 64.0 Å². The Morgan fingerprint density at radius 3 is 2.17 bits per heavy atom. The van der Waals surface area contributed by atoms with Crippen LogP contribution in [0.2, 0.25) is 0 Å². The summed E-state index contributed by atoms with van der Waals surface area (Å²) in [4.78, 5) is 43.0. The van der Waals surface area contributed by atoms with Gasteiger partial charge in [0.05, 0.1) is 5.69 Å². The van der Waals surface area contributed by atoms with Crippen molar-refractivity contribution in [3.63, 3.8) is 0 Å². The van der Waals surface area contributed by atoms with Gasteiger partial charge in [-0.2, -0.15) is 0 Å². The van der Waals surface area contributed by atoms with Gasteiger partial charge in [-0.05, 0) is 58.1 Å². The van der Waals surface area contributed by atoms with E-state index in [0.29, 0.717) is 36.8 Å². The monoisotopic (exact) mass is 489 g/mol. The number of aryl methyl sites for hydroxylation is 2. The Labute approximate surface area is 201 Å². The van der Waals surface area contributed by atoms with E-state index < -0.39 is 35.5 Å². The number of nitrogens with two attached hydrogens (primary N) is 1. The highest BCUT2D eigenvalue weighted by molar-refractivity contribution is 6.02. The third-order valence-corrected chi connectivity index (χ3v) is 6.62. The standard InChI is InChI=1S/C24H29F2N5O4/c1-13-20(14(2)35-29-13)24(34)31-9-3-8-30(23(33)15-10-16(25)12-17(26)11-15)22(31)21(32)28-19-6-4-18(27)5-7-19/h10-12,18-19,22H,3-9,27H2,1-2H3,(H,28,32). The van der Waals surface area contributed by atoms with E-state index in [-0.39, 0.29) is 36.3 Å². The Morgan fingerprint density at radius 2 is 1.60 bits per heavy atom. The van der Waals surface area contributed by atoms with Gasteiger partial charge in [0.25, 0.3) is 17.7 Å². The fourth-order valence-electron chi connectivity index (χ4n) is 4.85. The molecule has 2 aliphatic rings. The zero-order valence-corrected chi connectivity index (χ0v) is 19.7. The number of carbonyl (C=O) groups is 3. The number of benzene rings is 1. The summed E-state index contributed by atoms with van der Waals surface area (Å²) in [5, 5.41) is 6.78. The van der Waals surface area contributed by atoms with Crippen molar-refractivity contribution in [2.24, 2.45) is 5.73 Å². The topological polar surface area (TPSA) is 122 Å². The summed E-state index contributed by atoms with van der Waals surface area (Å²) in [7, 11) is 0. The van der Waals surface area contributed by atoms with Crippen LogP contribution in [0, 0.1) is 25.5 Å². The highest BCUT2D eigenvalue weighted by Crippen LogP contribution is 2.25. The first kappa shape index (κ1) is 24.8. The van der Waals surface area contributed by atoms with Gasteiger partial charge in [-0.1, -0.05) is 5.16 Å². The number of hydrogen-bond acceptors (Lipinski definition) is 6. The number of amides is 3. The van der Waals surface area contributed by atoms with Gasteiger partial charge in [-0.3, -0.25) is 14.4 Å². The second-order valence-corrected chi connectivity index (χ2v) is 9.20. The molecule has 11 heteroatoms. The van der Waals surface area contributed by atoms with Gasteiger partial charge in [0, 0.05) is 36.8 Å². The minimum atomic E-state index is -1.31. The van der Waals surface area contributed by atoms with Crippen molar-refractivity contribution < 1.29 is 27.7 Å². The minimum Gasteiger partial charge on any atom is -0.361 e. The maximum absolute atomic E-state index is 13.8. The van der Waals surface area contributed by atoms with Crippen molar-refractivity contribution in [3.8, 4) is 0 Å². The van der Waals surface area contributed by atoms with Crippen LogP contribution in [0.15, 0.2) is 22.7 Å². The first-order valence-corrected chi connectivity index (χ1v) is 11.7. The second kappa shape index (κ2) is 10.1. The van der Waals surface area contributed by atoms with E-state index in [9.17, 15) is 23.2 Å². The summed E-state index contributed by atoms with van der Waals surface area (Å²) in [6.07, 6.45) is 1.94. The smallest absolute Gasteiger partial charge is 0.264 e. The summed E-state index contributed by atoms with van der Waals surface area (Å²) in [5.74, 6) is -3.30. The van der Waals surface area contributed by atoms with Gasteiger partial charge in [-0.15, -0.1) is 0 Å². The fourth-order valence-corrected chi connectivity index (χ4v) is 4.85. The molecule has 188 valence electrons. The number of carbonyl (C=O) groups excluding carboxylic acids is 3. The van der Waals surface area contributed by atoms with Crippen molar-refractivity contribution >= 4 is 17.7 Å². The van der Waals surface area contributed by atoms with Gasteiger partial charge >= 0.3 is 0 Å². The van der Waals surface area contributed by atoms with Crippen LogP contribution in [-0.2, 0) is 4.79 Å². The largest absolute Gasteiger partial charge is 0.361 e. The van der Waals surface area contributed by atoms with E-state index in [2.05, 4.69) is 10.5 Å². The van der Waals surface area contributed by atoms with Gasteiger partial charge in [0.15, 0.2) is 6.17 Å². The summed E-state index contributed by atoms with van der Waals surface area (Å²) in [6.45, 7) is 3.55. The molecular formula is C24H29F2N5O4. The zero-order valence-electron chi connectivity index (χ0n) is 19.7. The molecule has 3 N–H and O–H groups in total. The molecule has 0 spiro atoms. The van der Waals surface area contributed by atoms with Crippen molar-refractivity contribution in [3.05, 3.63) is 52.4 Å². The summed E-state index contributed by atoms with van der Waals surface area (Å²) in [6, 6.07) is 2.42. The third-order valence-electron chi connectivity index (χ3n) is 6.62. The molecule has 1 saturated heterocycles. The van der Waals surface area contributed by atoms with Crippen molar-refractivity contribution in [2.45, 2.75) is 64.2 Å². The molecule has 2 heterocycles. The van der Waals surface area contributed by atoms with Gasteiger partial charge in [0.2, 0.25) is 0 Å². The minimum absolute atomic E-state index is 0.0800. The summed E-state index contributed by atoms with van der Waals surface area (Å²) >= 11 is 0. The molecule has 0 radical (unpaired) electrons. The SMILES string of the molecule is Cc1noc(C)c1C(=O)N1CCCN(C(=O)c2cc(F)cc(F)c2)C1C(=O)NC1CCC(N)CC1. The van der Waals surface area contributed by atoms with Crippen LogP contribution in [0.1, 0.15) is 64.3 Å². The number of halogens is 2. The molecule has 1 saturated carbocycles. The van der Waals surface area contributed by atoms with Crippen molar-refractivity contribution in [2.75, 3.05) is 13.1 Å². The molecule has 4 rings (SSSR count). The molecule has 1 atom stereocenters. The molecule has 0 bridgehead atoms. The Bertz CT molecular complexity index is 1090. The summed E-state index contributed by atoms with van der Waals surface area (Å²) in [5.41, 5.74) is 6.32. The Morgan fingerprint density at radius 1 is 1.00 bits per heavy atom. The van der Waals surface area contributed by atoms with E-state index in [1.54, 1.807) is 13.8 Å². The quantitative estimate of drug-likeness (QED) is 0.680. The predicted molar refractivity (Wildman–Crippen MR) is 121 cm³/mol. The van der Waals surface area contributed by atoms with Crippen molar-refractivity contribution in [1.29, 1.82) is 0 Å².